The van der Waals surface area contributed by atoms with E-state index in [4.69, 9.17) is 5.11 Å². The van der Waals surface area contributed by atoms with E-state index in [2.05, 4.69) is 5.32 Å². The highest BCUT2D eigenvalue weighted by Gasteiger charge is 2.38. The van der Waals surface area contributed by atoms with Crippen molar-refractivity contribution in [2.45, 2.75) is 19.4 Å². The minimum Gasteiger partial charge on any atom is -0.481 e. The largest absolute Gasteiger partial charge is 0.481 e. The standard InChI is InChI=1S/C13H14FIN2O3/c1-7-9(12(18)19)4-5-17(7)13(20)16-11-3-2-8(14)6-10(11)15/h2-3,6-7,9H,4-5H2,1H3,(H,16,20)(H,18,19). The van der Waals surface area contributed by atoms with E-state index in [1.807, 2.05) is 22.6 Å². The molecule has 0 aliphatic carbocycles. The highest BCUT2D eigenvalue weighted by atomic mass is 127. The van der Waals surface area contributed by atoms with E-state index in [1.165, 1.54) is 23.1 Å². The van der Waals surface area contributed by atoms with Gasteiger partial charge in [0.25, 0.3) is 0 Å². The van der Waals surface area contributed by atoms with Crippen LogP contribution in [0, 0.1) is 15.3 Å². The molecule has 7 heteroatoms. The zero-order valence-electron chi connectivity index (χ0n) is 10.8. The van der Waals surface area contributed by atoms with Crippen LogP contribution in [0.25, 0.3) is 0 Å². The van der Waals surface area contributed by atoms with Crippen molar-refractivity contribution in [1.29, 1.82) is 0 Å². The number of amides is 2. The van der Waals surface area contributed by atoms with Crippen molar-refractivity contribution < 1.29 is 19.1 Å². The maximum absolute atomic E-state index is 13.0. The summed E-state index contributed by atoms with van der Waals surface area (Å²) < 4.78 is 13.6. The van der Waals surface area contributed by atoms with Crippen LogP contribution >= 0.6 is 22.6 Å². The molecule has 2 amide bonds. The van der Waals surface area contributed by atoms with E-state index >= 15 is 0 Å². The minimum absolute atomic E-state index is 0.356. The fourth-order valence-electron chi connectivity index (χ4n) is 2.33. The number of carbonyl (C=O) groups excluding carboxylic acids is 1. The van der Waals surface area contributed by atoms with Gasteiger partial charge >= 0.3 is 12.0 Å². The Morgan fingerprint density at radius 2 is 2.20 bits per heavy atom. The number of aliphatic carboxylic acids is 1. The average molecular weight is 392 g/mol. The number of benzene rings is 1. The van der Waals surface area contributed by atoms with Gasteiger partial charge in [-0.3, -0.25) is 4.79 Å². The third-order valence-electron chi connectivity index (χ3n) is 3.51. The SMILES string of the molecule is CC1C(C(=O)O)CCN1C(=O)Nc1ccc(F)cc1I. The highest BCUT2D eigenvalue weighted by Crippen LogP contribution is 2.26. The van der Waals surface area contributed by atoms with Gasteiger partial charge in [0.1, 0.15) is 5.82 Å². The van der Waals surface area contributed by atoms with E-state index in [1.54, 1.807) is 6.92 Å². The lowest BCUT2D eigenvalue weighted by Gasteiger charge is -2.23. The van der Waals surface area contributed by atoms with Crippen molar-refractivity contribution in [3.8, 4) is 0 Å². The van der Waals surface area contributed by atoms with Gasteiger partial charge in [-0.25, -0.2) is 9.18 Å². The summed E-state index contributed by atoms with van der Waals surface area (Å²) in [5, 5.41) is 11.7. The van der Waals surface area contributed by atoms with Gasteiger partial charge in [-0.1, -0.05) is 0 Å². The first-order valence-electron chi connectivity index (χ1n) is 6.15. The summed E-state index contributed by atoms with van der Waals surface area (Å²) in [5.41, 5.74) is 0.517. The highest BCUT2D eigenvalue weighted by molar-refractivity contribution is 14.1. The summed E-state index contributed by atoms with van der Waals surface area (Å²) in [6, 6.07) is 3.37. The Hall–Kier alpha value is -1.38. The summed E-state index contributed by atoms with van der Waals surface area (Å²) in [7, 11) is 0. The van der Waals surface area contributed by atoms with Gasteiger partial charge in [0.15, 0.2) is 0 Å². The number of carbonyl (C=O) groups is 2. The average Bonchev–Trinajstić information content (AvgIpc) is 2.74. The molecule has 0 spiro atoms. The number of urea groups is 1. The topological polar surface area (TPSA) is 69.6 Å². The van der Waals surface area contributed by atoms with E-state index in [9.17, 15) is 14.0 Å². The van der Waals surface area contributed by atoms with Crippen molar-refractivity contribution in [2.75, 3.05) is 11.9 Å². The fourth-order valence-corrected chi connectivity index (χ4v) is 2.95. The molecule has 2 unspecified atom stereocenters. The summed E-state index contributed by atoms with van der Waals surface area (Å²) >= 11 is 1.94. The monoisotopic (exact) mass is 392 g/mol. The molecule has 108 valence electrons. The van der Waals surface area contributed by atoms with Crippen LogP contribution in [0.15, 0.2) is 18.2 Å². The first-order valence-corrected chi connectivity index (χ1v) is 7.23. The number of hydrogen-bond donors (Lipinski definition) is 2. The number of anilines is 1. The zero-order valence-corrected chi connectivity index (χ0v) is 12.9. The van der Waals surface area contributed by atoms with E-state index in [-0.39, 0.29) is 17.9 Å². The Morgan fingerprint density at radius 1 is 1.50 bits per heavy atom. The fraction of sp³-hybridized carbons (Fsp3) is 0.385. The molecule has 1 aliphatic heterocycles. The van der Waals surface area contributed by atoms with Gasteiger partial charge in [-0.2, -0.15) is 0 Å². The molecule has 1 saturated heterocycles. The van der Waals surface area contributed by atoms with Crippen LogP contribution in [0.1, 0.15) is 13.3 Å². The molecule has 20 heavy (non-hydrogen) atoms. The van der Waals surface area contributed by atoms with E-state index in [0.29, 0.717) is 22.2 Å². The second-order valence-corrected chi connectivity index (χ2v) is 5.88. The second-order valence-electron chi connectivity index (χ2n) is 4.72. The number of rotatable bonds is 2. The summed E-state index contributed by atoms with van der Waals surface area (Å²) in [4.78, 5) is 24.7. The lowest BCUT2D eigenvalue weighted by molar-refractivity contribution is -0.142. The van der Waals surface area contributed by atoms with E-state index < -0.39 is 11.9 Å². The Kier molecular flexibility index (Phi) is 4.46. The minimum atomic E-state index is -0.885. The molecule has 1 fully saturated rings. The number of hydrogen-bond acceptors (Lipinski definition) is 2. The summed E-state index contributed by atoms with van der Waals surface area (Å²) in [5.74, 6) is -1.79. The van der Waals surface area contributed by atoms with Crippen LogP contribution in [0.5, 0.6) is 0 Å². The number of halogens is 2. The Labute approximate surface area is 129 Å². The predicted octanol–water partition coefficient (Wildman–Crippen LogP) is 2.76. The van der Waals surface area contributed by atoms with Crippen molar-refractivity contribution >= 4 is 40.3 Å². The van der Waals surface area contributed by atoms with Crippen LogP contribution in [0.2, 0.25) is 0 Å². The molecular weight excluding hydrogens is 378 g/mol. The number of carboxylic acids is 1. The van der Waals surface area contributed by atoms with Gasteiger partial charge in [-0.15, -0.1) is 0 Å². The number of carboxylic acid groups (broad SMARTS) is 1. The Morgan fingerprint density at radius 3 is 2.75 bits per heavy atom. The normalized spacial score (nSPS) is 21.9. The molecule has 2 atom stereocenters. The summed E-state index contributed by atoms with van der Waals surface area (Å²) in [6.07, 6.45) is 0.449. The van der Waals surface area contributed by atoms with Crippen molar-refractivity contribution in [3.05, 3.63) is 27.6 Å². The van der Waals surface area contributed by atoms with Crippen LogP contribution in [-0.2, 0) is 4.79 Å². The van der Waals surface area contributed by atoms with Gasteiger partial charge in [-0.05, 0) is 54.1 Å². The van der Waals surface area contributed by atoms with Crippen molar-refractivity contribution in [2.24, 2.45) is 5.92 Å². The van der Waals surface area contributed by atoms with Crippen molar-refractivity contribution in [1.82, 2.24) is 4.90 Å². The molecular formula is C13H14FIN2O3. The molecule has 1 aromatic rings. The van der Waals surface area contributed by atoms with Crippen LogP contribution < -0.4 is 5.32 Å². The second kappa shape index (κ2) is 5.94. The molecule has 1 aliphatic rings. The molecule has 2 rings (SSSR count). The maximum atomic E-state index is 13.0. The number of nitrogens with one attached hydrogen (secondary N) is 1. The molecule has 0 radical (unpaired) electrons. The lowest BCUT2D eigenvalue weighted by Crippen LogP contribution is -2.40. The Bertz CT molecular complexity index is 552. The van der Waals surface area contributed by atoms with Crippen LogP contribution in [-0.4, -0.2) is 34.6 Å². The lowest BCUT2D eigenvalue weighted by atomic mass is 10.0. The van der Waals surface area contributed by atoms with Gasteiger partial charge < -0.3 is 15.3 Å². The molecule has 0 saturated carbocycles. The molecule has 2 N–H and O–H groups in total. The molecule has 5 nitrogen and oxygen atoms in total. The Balaban J connectivity index is 2.07. The molecule has 0 bridgehead atoms. The van der Waals surface area contributed by atoms with Crippen LogP contribution in [0.4, 0.5) is 14.9 Å². The predicted molar refractivity (Wildman–Crippen MR) is 80.0 cm³/mol. The van der Waals surface area contributed by atoms with Crippen LogP contribution in [0.3, 0.4) is 0 Å². The molecule has 1 aromatic carbocycles. The third kappa shape index (κ3) is 3.02. The molecule has 1 heterocycles. The maximum Gasteiger partial charge on any atom is 0.322 e. The van der Waals surface area contributed by atoms with Gasteiger partial charge in [0.2, 0.25) is 0 Å². The van der Waals surface area contributed by atoms with E-state index in [0.717, 1.165) is 0 Å². The zero-order chi connectivity index (χ0) is 14.9. The van der Waals surface area contributed by atoms with Crippen molar-refractivity contribution in [3.63, 3.8) is 0 Å². The third-order valence-corrected chi connectivity index (χ3v) is 4.40. The number of nitrogens with zero attached hydrogens (tertiary/aromatic N) is 1. The smallest absolute Gasteiger partial charge is 0.322 e. The summed E-state index contributed by atoms with van der Waals surface area (Å²) in [6.45, 7) is 2.13. The number of likely N-dealkylation sites (tertiary alicyclic amines) is 1. The van der Waals surface area contributed by atoms with Gasteiger partial charge in [0.05, 0.1) is 11.6 Å². The first kappa shape index (κ1) is 15.0. The van der Waals surface area contributed by atoms with Gasteiger partial charge in [0, 0.05) is 16.2 Å². The quantitative estimate of drug-likeness (QED) is 0.761. The first-order chi connectivity index (χ1) is 9.40. The molecule has 0 aromatic heterocycles.